The van der Waals surface area contributed by atoms with Crippen molar-refractivity contribution in [2.45, 2.75) is 63.1 Å². The van der Waals surface area contributed by atoms with Crippen molar-refractivity contribution in [3.05, 3.63) is 214 Å². The number of aromatic hydroxyl groups is 4. The number of rotatable bonds is 16. The van der Waals surface area contributed by atoms with Gasteiger partial charge in [0.25, 0.3) is 0 Å². The molecule has 10 aliphatic heterocycles. The Morgan fingerprint density at radius 2 is 0.625 bits per heavy atom. The molecule has 576 valence electrons. The molecule has 0 bridgehead atoms. The number of urea groups is 2. The first-order valence-corrected chi connectivity index (χ1v) is 36.0. The van der Waals surface area contributed by atoms with E-state index in [-0.39, 0.29) is 114 Å². The van der Waals surface area contributed by atoms with E-state index in [1.165, 1.54) is 24.3 Å². The average molecular weight is 1530 g/mol. The quantitative estimate of drug-likeness (QED) is 0.0429. The lowest BCUT2D eigenvalue weighted by atomic mass is 9.91. The summed E-state index contributed by atoms with van der Waals surface area (Å²) >= 11 is 0. The number of benzene rings is 10. The molecule has 0 aromatic heterocycles. The molecule has 30 heteroatoms. The molecular formula is C82H74N6O24. The lowest BCUT2D eigenvalue weighted by Crippen LogP contribution is -2.42. The summed E-state index contributed by atoms with van der Waals surface area (Å²) < 4.78 is 98.5. The van der Waals surface area contributed by atoms with Gasteiger partial charge in [0.05, 0.1) is 12.1 Å². The van der Waals surface area contributed by atoms with Crippen molar-refractivity contribution in [1.29, 1.82) is 0 Å². The maximum atomic E-state index is 12.0. The Bertz CT molecular complexity index is 5200. The molecule has 112 heavy (non-hydrogen) atoms. The smallest absolute Gasteiger partial charge is 0.319 e. The molecule has 4 atom stereocenters. The van der Waals surface area contributed by atoms with Crippen molar-refractivity contribution in [1.82, 2.24) is 21.3 Å². The molecule has 0 saturated carbocycles. The van der Waals surface area contributed by atoms with E-state index < -0.39 is 0 Å². The Hall–Kier alpha value is -13.7. The molecule has 20 rings (SSSR count). The van der Waals surface area contributed by atoms with Gasteiger partial charge < -0.3 is 138 Å². The zero-order chi connectivity index (χ0) is 76.0. The Morgan fingerprint density at radius 1 is 0.304 bits per heavy atom. The highest BCUT2D eigenvalue weighted by Gasteiger charge is 2.37. The number of phenolic OH excluding ortho intramolecular Hbond substituents is 4. The van der Waals surface area contributed by atoms with Crippen LogP contribution in [0.25, 0.3) is 0 Å². The first-order chi connectivity index (χ1) is 54.8. The molecule has 4 amide bonds. The number of hydrogen-bond donors (Lipinski definition) is 10. The summed E-state index contributed by atoms with van der Waals surface area (Å²) in [5.41, 5.74) is 8.62. The van der Waals surface area contributed by atoms with Gasteiger partial charge in [0.1, 0.15) is 46.7 Å². The van der Waals surface area contributed by atoms with Gasteiger partial charge in [-0.2, -0.15) is 0 Å². The maximum Gasteiger partial charge on any atom is 0.319 e. The molecule has 0 spiro atoms. The Kier molecular flexibility index (Phi) is 20.2. The van der Waals surface area contributed by atoms with Gasteiger partial charge in [-0.05, 0) is 163 Å². The van der Waals surface area contributed by atoms with Crippen molar-refractivity contribution < 1.29 is 115 Å². The molecule has 30 nitrogen and oxygen atoms in total. The Morgan fingerprint density at radius 3 is 1.04 bits per heavy atom. The lowest BCUT2D eigenvalue weighted by molar-refractivity contribution is 0.130. The van der Waals surface area contributed by atoms with Crippen LogP contribution in [0.3, 0.4) is 0 Å². The Labute approximate surface area is 639 Å². The van der Waals surface area contributed by atoms with Crippen molar-refractivity contribution in [2.24, 2.45) is 0 Å². The molecule has 0 unspecified atom stereocenters. The third-order valence-corrected chi connectivity index (χ3v) is 19.4. The van der Waals surface area contributed by atoms with Crippen LogP contribution in [0, 0.1) is 0 Å². The monoisotopic (exact) mass is 1530 g/mol. The number of nitrogens with one attached hydrogen (secondary N) is 6. The summed E-state index contributed by atoms with van der Waals surface area (Å²) in [4.78, 5) is 23.9. The zero-order valence-corrected chi connectivity index (χ0v) is 59.7. The number of hydrogen-bond acceptors (Lipinski definition) is 26. The maximum absolute atomic E-state index is 12.0. The predicted octanol–water partition coefficient (Wildman–Crippen LogP) is 11.8. The zero-order valence-electron chi connectivity index (χ0n) is 59.7. The van der Waals surface area contributed by atoms with Crippen LogP contribution < -0.4 is 117 Å². The number of amides is 4. The van der Waals surface area contributed by atoms with E-state index in [2.05, 4.69) is 31.9 Å². The fourth-order valence-corrected chi connectivity index (χ4v) is 13.8. The van der Waals surface area contributed by atoms with Crippen LogP contribution in [0.1, 0.15) is 56.7 Å². The minimum Gasteiger partial charge on any atom is -0.508 e. The van der Waals surface area contributed by atoms with E-state index in [0.717, 1.165) is 80.0 Å². The second kappa shape index (κ2) is 31.8. The van der Waals surface area contributed by atoms with E-state index in [1.807, 2.05) is 109 Å². The largest absolute Gasteiger partial charge is 0.508 e. The second-order valence-corrected chi connectivity index (χ2v) is 26.7. The summed E-state index contributed by atoms with van der Waals surface area (Å²) in [7, 11) is 0. The van der Waals surface area contributed by atoms with Crippen LogP contribution in [-0.2, 0) is 38.8 Å². The predicted molar refractivity (Wildman–Crippen MR) is 397 cm³/mol. The second-order valence-electron chi connectivity index (χ2n) is 26.7. The van der Waals surface area contributed by atoms with Crippen molar-refractivity contribution >= 4 is 23.4 Å². The topological polar surface area (TPSA) is 353 Å². The molecule has 0 aliphatic carbocycles. The molecule has 10 heterocycles. The molecule has 10 aromatic carbocycles. The van der Waals surface area contributed by atoms with E-state index >= 15 is 0 Å². The number of carbonyl (C=O) groups is 2. The van der Waals surface area contributed by atoms with Crippen LogP contribution in [0.15, 0.2) is 170 Å². The number of anilines is 2. The van der Waals surface area contributed by atoms with Crippen LogP contribution in [0.4, 0.5) is 21.0 Å². The number of phenols is 4. The first-order valence-electron chi connectivity index (χ1n) is 36.0. The van der Waals surface area contributed by atoms with Crippen LogP contribution in [-0.4, -0.2) is 112 Å². The fraction of sp³-hybridized carbons (Fsp3) is 0.244. The van der Waals surface area contributed by atoms with E-state index in [1.54, 1.807) is 36.4 Å². The summed E-state index contributed by atoms with van der Waals surface area (Å²) in [6.45, 7) is 3.95. The molecule has 0 fully saturated rings. The lowest BCUT2D eigenvalue weighted by Gasteiger charge is -2.35. The number of carbonyl (C=O) groups excluding carboxylic acids is 2. The molecule has 10 N–H and O–H groups in total. The summed E-state index contributed by atoms with van der Waals surface area (Å²) in [6, 6.07) is 50.0. The van der Waals surface area contributed by atoms with Crippen LogP contribution in [0.5, 0.6) is 126 Å². The van der Waals surface area contributed by atoms with E-state index in [0.29, 0.717) is 131 Å². The number of fused-ring (bicyclic) bond motifs is 10. The summed E-state index contributed by atoms with van der Waals surface area (Å²) in [5.74, 6) is 12.2. The third kappa shape index (κ3) is 16.2. The Balaban J connectivity index is 0.000000110. The third-order valence-electron chi connectivity index (χ3n) is 19.4. The van der Waals surface area contributed by atoms with Crippen LogP contribution >= 0.6 is 0 Å². The summed E-state index contributed by atoms with van der Waals surface area (Å²) in [5, 5.41) is 59.0. The minimum atomic E-state index is -0.368. The van der Waals surface area contributed by atoms with E-state index in [4.69, 9.17) is 85.3 Å². The van der Waals surface area contributed by atoms with Crippen molar-refractivity contribution in [3.8, 4) is 126 Å². The van der Waals surface area contributed by atoms with Gasteiger partial charge in [-0.25, -0.2) is 9.59 Å². The first kappa shape index (κ1) is 71.2. The van der Waals surface area contributed by atoms with Gasteiger partial charge in [-0.1, -0.05) is 36.4 Å². The molecule has 0 saturated heterocycles. The van der Waals surface area contributed by atoms with Crippen LogP contribution in [0.2, 0.25) is 0 Å². The van der Waals surface area contributed by atoms with Crippen molar-refractivity contribution in [3.63, 3.8) is 0 Å². The minimum absolute atomic E-state index is 0.0130. The number of ether oxygens (including phenoxy) is 18. The van der Waals surface area contributed by atoms with Gasteiger partial charge >= 0.3 is 12.1 Å². The average Bonchev–Trinajstić information content (AvgIpc) is 1.03. The van der Waals surface area contributed by atoms with E-state index in [9.17, 15) is 30.0 Å². The molecular weight excluding hydrogens is 1450 g/mol. The highest BCUT2D eigenvalue weighted by Crippen LogP contribution is 2.48. The highest BCUT2D eigenvalue weighted by atomic mass is 16.7. The summed E-state index contributed by atoms with van der Waals surface area (Å²) in [6.07, 6.45) is 1.84. The molecule has 10 aliphatic rings. The van der Waals surface area contributed by atoms with Gasteiger partial charge in [0.15, 0.2) is 92.0 Å². The van der Waals surface area contributed by atoms with Gasteiger partial charge in [0, 0.05) is 78.5 Å². The normalized spacial score (nSPS) is 17.3. The SMILES string of the molecule is O=C(NCCc1ccc2c(c1)OCO2)Nc1ccc2c(c1)OCO2.O=C(NCc1ccc2c(c1)OCO2)Nc1ccc2c(c1)OCO2.Oc1cc(O)c2c(c1)O[C@H](c1ccc3c(c1)OCO3)[C@H](NCCc1ccc3c(c1)OCO3)C2.Oc1cc(O)c2c(c1)O[C@H](c1ccc3c(c1)OCO3)[C@H](NCc1ccc3c(c1)OCO3)C2. The van der Waals surface area contributed by atoms with Gasteiger partial charge in [-0.15, -0.1) is 0 Å². The molecule has 10 aromatic rings. The highest BCUT2D eigenvalue weighted by molar-refractivity contribution is 5.90. The van der Waals surface area contributed by atoms with Crippen molar-refractivity contribution in [2.75, 3.05) is 78.1 Å². The standard InChI is InChI=1S/C25H23NO7.C24H21NO7.C17H16N2O5.C16H14N2O5/c27-16-9-19(28)17-11-18(26-6-5-14-1-3-20-23(7-14)31-12-29-20)25(33-22(17)10-16)15-2-4-21-24(8-15)32-13-30-21;26-15-7-18(27)16-9-17(25-10-13-1-3-19-22(5-13)30-11-28-19)24(32-21(16)8-15)14-2-4-20-23(6-14)31-12-29-20;20-17(19-12-2-4-14-16(8-12)24-10-22-14)18-6-5-11-1-3-13-15(7-11)23-9-21-13;19-16(18-11-2-4-13-15(6-11)23-9-21-13)17-7-10-1-3-12-14(5-10)22-8-20-12/h1-4,7-10,18,25-28H,5-6,11-13H2;1-8,17,24-27H,9-12H2;1-4,7-8H,5-6,9-10H2,(H2,18,19,20);1-6H,7-9H2,(H2,17,18,19)/t18-,25-;17-,24-;;/m11../s1. The van der Waals surface area contributed by atoms with Gasteiger partial charge in [-0.3, -0.25) is 0 Å². The van der Waals surface area contributed by atoms with Gasteiger partial charge in [0.2, 0.25) is 54.3 Å². The molecule has 0 radical (unpaired) electrons. The fourth-order valence-electron chi connectivity index (χ4n) is 13.8.